The monoisotopic (exact) mass is 482 g/mol. The summed E-state index contributed by atoms with van der Waals surface area (Å²) in [7, 11) is 0. The van der Waals surface area contributed by atoms with Gasteiger partial charge in [0.15, 0.2) is 6.61 Å². The number of carbonyl (C=O) groups excluding carboxylic acids is 3. The summed E-state index contributed by atoms with van der Waals surface area (Å²) in [6.07, 6.45) is 0. The Morgan fingerprint density at radius 3 is 2.27 bits per heavy atom. The van der Waals surface area contributed by atoms with E-state index in [2.05, 4.69) is 10.6 Å². The van der Waals surface area contributed by atoms with Gasteiger partial charge in [-0.15, -0.1) is 11.3 Å². The molecule has 0 saturated carbocycles. The van der Waals surface area contributed by atoms with Crippen LogP contribution >= 0.6 is 46.1 Å². The lowest BCUT2D eigenvalue weighted by Crippen LogP contribution is -2.21. The van der Waals surface area contributed by atoms with Gasteiger partial charge in [-0.3, -0.25) is 9.59 Å². The van der Waals surface area contributed by atoms with Gasteiger partial charge in [0, 0.05) is 5.69 Å². The van der Waals surface area contributed by atoms with Crippen LogP contribution in [-0.4, -0.2) is 24.4 Å². The molecule has 0 bridgehead atoms. The Hall–Kier alpha value is -2.58. The minimum absolute atomic E-state index is 0.198. The maximum Gasteiger partial charge on any atom is 0.338 e. The fourth-order valence-electron chi connectivity index (χ4n) is 2.31. The number of benzene rings is 2. The van der Waals surface area contributed by atoms with E-state index < -0.39 is 18.5 Å². The van der Waals surface area contributed by atoms with Gasteiger partial charge in [-0.25, -0.2) is 4.79 Å². The maximum atomic E-state index is 12.1. The van der Waals surface area contributed by atoms with Crippen LogP contribution < -0.4 is 10.6 Å². The average molecular weight is 484 g/mol. The molecule has 0 fully saturated rings. The number of carbonyl (C=O) groups is 3. The summed E-state index contributed by atoms with van der Waals surface area (Å²) in [5.41, 5.74) is 0.999. The molecule has 6 nitrogen and oxygen atoms in total. The third-order valence-corrected chi connectivity index (χ3v) is 5.65. The van der Waals surface area contributed by atoms with Crippen molar-refractivity contribution in [1.82, 2.24) is 0 Å². The predicted octanol–water partition coefficient (Wildman–Crippen LogP) is 5.76. The van der Waals surface area contributed by atoms with Gasteiger partial charge in [-0.05, 0) is 47.8 Å². The zero-order valence-corrected chi connectivity index (χ0v) is 18.2. The Bertz CT molecular complexity index is 1090. The Labute approximate surface area is 190 Å². The number of hydrogen-bond donors (Lipinski definition) is 2. The molecule has 1 heterocycles. The molecule has 0 saturated heterocycles. The number of hydrogen-bond acceptors (Lipinski definition) is 5. The van der Waals surface area contributed by atoms with E-state index in [-0.39, 0.29) is 32.2 Å². The van der Waals surface area contributed by atoms with E-state index in [1.807, 2.05) is 0 Å². The fourth-order valence-corrected chi connectivity index (χ4v) is 3.52. The van der Waals surface area contributed by atoms with Crippen molar-refractivity contribution in [2.45, 2.75) is 0 Å². The first-order valence-electron chi connectivity index (χ1n) is 8.40. The molecule has 154 valence electrons. The van der Waals surface area contributed by atoms with E-state index in [1.54, 1.807) is 29.6 Å². The topological polar surface area (TPSA) is 84.5 Å². The number of anilines is 2. The molecule has 2 aromatic carbocycles. The second-order valence-electron chi connectivity index (χ2n) is 5.88. The number of esters is 1. The van der Waals surface area contributed by atoms with E-state index in [4.69, 9.17) is 39.5 Å². The maximum absolute atomic E-state index is 12.1. The molecule has 0 atom stereocenters. The van der Waals surface area contributed by atoms with Crippen LogP contribution in [0.1, 0.15) is 20.0 Å². The van der Waals surface area contributed by atoms with Gasteiger partial charge in [-0.2, -0.15) is 0 Å². The quantitative estimate of drug-likeness (QED) is 0.345. The fraction of sp³-hybridized carbons (Fsp3) is 0.0500. The Balaban J connectivity index is 1.52. The van der Waals surface area contributed by atoms with Crippen LogP contribution in [0, 0.1) is 0 Å². The van der Waals surface area contributed by atoms with Crippen LogP contribution in [0.25, 0.3) is 0 Å². The molecule has 10 heteroatoms. The summed E-state index contributed by atoms with van der Waals surface area (Å²) in [6.45, 7) is -0.522. The first-order valence-corrected chi connectivity index (χ1v) is 10.4. The van der Waals surface area contributed by atoms with Crippen molar-refractivity contribution in [3.05, 3.63) is 79.4 Å². The number of ether oxygens (including phenoxy) is 1. The molecule has 0 unspecified atom stereocenters. The molecule has 3 aromatic rings. The summed E-state index contributed by atoms with van der Waals surface area (Å²) in [6, 6.07) is 12.4. The van der Waals surface area contributed by atoms with Crippen LogP contribution in [0.2, 0.25) is 15.1 Å². The van der Waals surface area contributed by atoms with Gasteiger partial charge in [-0.1, -0.05) is 40.9 Å². The highest BCUT2D eigenvalue weighted by Gasteiger charge is 2.14. The molecule has 0 spiro atoms. The number of rotatable bonds is 6. The SMILES string of the molecule is O=C(COC(=O)c1ccc(NC(=O)c2cccs2)cc1)Nc1cc(Cl)c(Cl)cc1Cl. The van der Waals surface area contributed by atoms with Crippen LogP contribution in [0.4, 0.5) is 11.4 Å². The predicted molar refractivity (Wildman–Crippen MR) is 119 cm³/mol. The summed E-state index contributed by atoms with van der Waals surface area (Å²) in [5, 5.41) is 7.69. The number of halogens is 3. The molecule has 3 rings (SSSR count). The Kier molecular flexibility index (Phi) is 7.33. The lowest BCUT2D eigenvalue weighted by molar-refractivity contribution is -0.119. The summed E-state index contributed by atoms with van der Waals surface area (Å²) in [4.78, 5) is 36.7. The molecular weight excluding hydrogens is 471 g/mol. The van der Waals surface area contributed by atoms with Crippen molar-refractivity contribution in [2.75, 3.05) is 17.2 Å². The average Bonchev–Trinajstić information content (AvgIpc) is 3.26. The zero-order valence-electron chi connectivity index (χ0n) is 15.1. The molecule has 0 aliphatic carbocycles. The number of amides is 2. The first-order chi connectivity index (χ1) is 14.3. The van der Waals surface area contributed by atoms with E-state index in [0.717, 1.165) is 0 Å². The molecular formula is C20H13Cl3N2O4S. The molecule has 0 radical (unpaired) electrons. The first kappa shape index (κ1) is 22.1. The summed E-state index contributed by atoms with van der Waals surface area (Å²) in [5.74, 6) is -1.53. The number of thiophene rings is 1. The number of nitrogens with one attached hydrogen (secondary N) is 2. The van der Waals surface area contributed by atoms with Crippen LogP contribution in [0.5, 0.6) is 0 Å². The van der Waals surface area contributed by atoms with Crippen LogP contribution in [0.15, 0.2) is 53.9 Å². The lowest BCUT2D eigenvalue weighted by atomic mass is 10.2. The minimum Gasteiger partial charge on any atom is -0.452 e. The largest absolute Gasteiger partial charge is 0.452 e. The van der Waals surface area contributed by atoms with Gasteiger partial charge in [0.05, 0.1) is 31.2 Å². The molecule has 2 amide bonds. The van der Waals surface area contributed by atoms with Gasteiger partial charge in [0.2, 0.25) is 0 Å². The van der Waals surface area contributed by atoms with E-state index in [0.29, 0.717) is 10.6 Å². The standard InChI is InChI=1S/C20H13Cl3N2O4S/c21-13-8-15(23)16(9-14(13)22)25-18(26)10-29-20(28)11-3-5-12(6-4-11)24-19(27)17-2-1-7-30-17/h1-9H,10H2,(H,24,27)(H,25,26). The van der Waals surface area contributed by atoms with Crippen molar-refractivity contribution >= 4 is 75.3 Å². The molecule has 2 N–H and O–H groups in total. The Morgan fingerprint density at radius 2 is 1.60 bits per heavy atom. The third-order valence-electron chi connectivity index (χ3n) is 3.74. The van der Waals surface area contributed by atoms with Crippen molar-refractivity contribution in [2.24, 2.45) is 0 Å². The highest BCUT2D eigenvalue weighted by atomic mass is 35.5. The normalized spacial score (nSPS) is 10.4. The minimum atomic E-state index is -0.693. The second kappa shape index (κ2) is 9.95. The van der Waals surface area contributed by atoms with Crippen molar-refractivity contribution in [3.63, 3.8) is 0 Å². The van der Waals surface area contributed by atoms with E-state index in [1.165, 1.54) is 35.6 Å². The Morgan fingerprint density at radius 1 is 0.900 bits per heavy atom. The lowest BCUT2D eigenvalue weighted by Gasteiger charge is -2.10. The summed E-state index contributed by atoms with van der Waals surface area (Å²) >= 11 is 19.1. The van der Waals surface area contributed by atoms with Gasteiger partial charge < -0.3 is 15.4 Å². The second-order valence-corrected chi connectivity index (χ2v) is 8.05. The molecule has 1 aromatic heterocycles. The molecule has 30 heavy (non-hydrogen) atoms. The van der Waals surface area contributed by atoms with Crippen molar-refractivity contribution in [1.29, 1.82) is 0 Å². The van der Waals surface area contributed by atoms with Crippen LogP contribution in [-0.2, 0) is 9.53 Å². The van der Waals surface area contributed by atoms with Crippen molar-refractivity contribution < 1.29 is 19.1 Å². The third kappa shape index (κ3) is 5.73. The smallest absolute Gasteiger partial charge is 0.338 e. The summed E-state index contributed by atoms with van der Waals surface area (Å²) < 4.78 is 5.00. The van der Waals surface area contributed by atoms with Gasteiger partial charge in [0.25, 0.3) is 11.8 Å². The van der Waals surface area contributed by atoms with Crippen LogP contribution in [0.3, 0.4) is 0 Å². The highest BCUT2D eigenvalue weighted by Crippen LogP contribution is 2.32. The van der Waals surface area contributed by atoms with Crippen molar-refractivity contribution in [3.8, 4) is 0 Å². The van der Waals surface area contributed by atoms with E-state index >= 15 is 0 Å². The van der Waals surface area contributed by atoms with E-state index in [9.17, 15) is 14.4 Å². The highest BCUT2D eigenvalue weighted by molar-refractivity contribution is 7.12. The molecule has 0 aliphatic rings. The van der Waals surface area contributed by atoms with Gasteiger partial charge in [0.1, 0.15) is 0 Å². The van der Waals surface area contributed by atoms with Gasteiger partial charge >= 0.3 is 5.97 Å². The zero-order chi connectivity index (χ0) is 21.7. The molecule has 0 aliphatic heterocycles.